The molecule has 16 heavy (non-hydrogen) atoms. The highest BCUT2D eigenvalue weighted by atomic mass is 35.5. The van der Waals surface area contributed by atoms with Crippen molar-refractivity contribution in [2.24, 2.45) is 5.73 Å². The summed E-state index contributed by atoms with van der Waals surface area (Å²) in [6.45, 7) is 4.58. The maximum atomic E-state index is 9.47. The molecule has 1 atom stereocenters. The third-order valence-electron chi connectivity index (χ3n) is 2.35. The Bertz CT molecular complexity index is 332. The van der Waals surface area contributed by atoms with Crippen molar-refractivity contribution >= 4 is 11.6 Å². The van der Waals surface area contributed by atoms with Gasteiger partial charge in [0, 0.05) is 5.02 Å². The number of ether oxygens (including phenoxy) is 1. The van der Waals surface area contributed by atoms with Crippen LogP contribution in [0.25, 0.3) is 0 Å². The summed E-state index contributed by atoms with van der Waals surface area (Å²) >= 11 is 6.04. The molecule has 1 aromatic carbocycles. The van der Waals surface area contributed by atoms with Crippen molar-refractivity contribution in [1.82, 2.24) is 0 Å². The summed E-state index contributed by atoms with van der Waals surface area (Å²) in [5, 5.41) is 10.2. The summed E-state index contributed by atoms with van der Waals surface area (Å²) in [6, 6.07) is 3.73. The lowest BCUT2D eigenvalue weighted by Crippen LogP contribution is -2.21. The highest BCUT2D eigenvalue weighted by Crippen LogP contribution is 2.25. The largest absolute Gasteiger partial charge is 0.491 e. The van der Waals surface area contributed by atoms with Crippen molar-refractivity contribution in [2.75, 3.05) is 13.2 Å². The normalized spacial score (nSPS) is 12.6. The molecule has 3 N–H and O–H groups in total. The van der Waals surface area contributed by atoms with Gasteiger partial charge in [0.05, 0.1) is 6.10 Å². The van der Waals surface area contributed by atoms with Crippen LogP contribution in [0, 0.1) is 13.8 Å². The molecule has 0 aromatic heterocycles. The summed E-state index contributed by atoms with van der Waals surface area (Å²) in [6.07, 6.45) is 0.0345. The maximum absolute atomic E-state index is 9.47. The van der Waals surface area contributed by atoms with Crippen molar-refractivity contribution in [3.05, 3.63) is 28.3 Å². The summed E-state index contributed by atoms with van der Waals surface area (Å²) in [7, 11) is 0. The van der Waals surface area contributed by atoms with E-state index in [0.717, 1.165) is 21.9 Å². The van der Waals surface area contributed by atoms with Crippen LogP contribution in [-0.4, -0.2) is 24.4 Å². The molecule has 3 nitrogen and oxygen atoms in total. The standard InChI is InChI=1S/C12H18ClNO2/c1-8-5-11(6-9(2)12(8)13)16-7-10(15)3-4-14/h5-6,10,15H,3-4,7,14H2,1-2H3. The average molecular weight is 244 g/mol. The van der Waals surface area contributed by atoms with Crippen LogP contribution in [0.5, 0.6) is 5.75 Å². The van der Waals surface area contributed by atoms with Crippen LogP contribution in [-0.2, 0) is 0 Å². The molecule has 0 aliphatic rings. The number of halogens is 1. The zero-order chi connectivity index (χ0) is 12.1. The van der Waals surface area contributed by atoms with Gasteiger partial charge >= 0.3 is 0 Å². The molecule has 90 valence electrons. The van der Waals surface area contributed by atoms with E-state index in [1.54, 1.807) is 0 Å². The van der Waals surface area contributed by atoms with E-state index in [4.69, 9.17) is 22.1 Å². The molecule has 0 bridgehead atoms. The first-order valence-corrected chi connectivity index (χ1v) is 5.70. The number of hydrogen-bond donors (Lipinski definition) is 2. The van der Waals surface area contributed by atoms with Gasteiger partial charge in [-0.25, -0.2) is 0 Å². The second-order valence-electron chi connectivity index (χ2n) is 3.91. The van der Waals surface area contributed by atoms with Crippen LogP contribution < -0.4 is 10.5 Å². The molecule has 0 saturated carbocycles. The minimum Gasteiger partial charge on any atom is -0.491 e. The molecule has 0 amide bonds. The first-order valence-electron chi connectivity index (χ1n) is 5.32. The fourth-order valence-electron chi connectivity index (χ4n) is 1.46. The van der Waals surface area contributed by atoms with Crippen molar-refractivity contribution in [3.8, 4) is 5.75 Å². The van der Waals surface area contributed by atoms with Gasteiger partial charge in [-0.2, -0.15) is 0 Å². The minimum absolute atomic E-state index is 0.262. The highest BCUT2D eigenvalue weighted by Gasteiger charge is 2.06. The van der Waals surface area contributed by atoms with Crippen LogP contribution >= 0.6 is 11.6 Å². The van der Waals surface area contributed by atoms with Crippen molar-refractivity contribution in [1.29, 1.82) is 0 Å². The van der Waals surface area contributed by atoms with Gasteiger partial charge in [0.15, 0.2) is 0 Å². The lowest BCUT2D eigenvalue weighted by Gasteiger charge is -2.13. The molecular formula is C12H18ClNO2. The number of rotatable bonds is 5. The highest BCUT2D eigenvalue weighted by molar-refractivity contribution is 6.32. The number of aliphatic hydroxyl groups is 1. The van der Waals surface area contributed by atoms with Gasteiger partial charge in [-0.1, -0.05) is 11.6 Å². The third-order valence-corrected chi connectivity index (χ3v) is 2.95. The lowest BCUT2D eigenvalue weighted by atomic mass is 10.1. The molecule has 1 aromatic rings. The van der Waals surface area contributed by atoms with Crippen LogP contribution in [0.4, 0.5) is 0 Å². The van der Waals surface area contributed by atoms with E-state index in [1.807, 2.05) is 26.0 Å². The van der Waals surface area contributed by atoms with E-state index in [1.165, 1.54) is 0 Å². The lowest BCUT2D eigenvalue weighted by molar-refractivity contribution is 0.102. The fraction of sp³-hybridized carbons (Fsp3) is 0.500. The Morgan fingerprint density at radius 3 is 2.44 bits per heavy atom. The molecule has 0 fully saturated rings. The molecule has 1 rings (SSSR count). The second-order valence-corrected chi connectivity index (χ2v) is 4.29. The molecular weight excluding hydrogens is 226 g/mol. The summed E-state index contributed by atoms with van der Waals surface area (Å²) < 4.78 is 5.47. The van der Waals surface area contributed by atoms with Gasteiger partial charge in [-0.15, -0.1) is 0 Å². The van der Waals surface area contributed by atoms with Crippen LogP contribution in [0.1, 0.15) is 17.5 Å². The molecule has 0 aliphatic heterocycles. The Labute approximate surface area is 101 Å². The van der Waals surface area contributed by atoms with E-state index in [2.05, 4.69) is 0 Å². The Morgan fingerprint density at radius 2 is 1.94 bits per heavy atom. The number of benzene rings is 1. The summed E-state index contributed by atoms with van der Waals surface area (Å²) in [5.41, 5.74) is 7.29. The van der Waals surface area contributed by atoms with Gasteiger partial charge in [0.25, 0.3) is 0 Å². The zero-order valence-corrected chi connectivity index (χ0v) is 10.4. The van der Waals surface area contributed by atoms with E-state index in [9.17, 15) is 5.11 Å². The SMILES string of the molecule is Cc1cc(OCC(O)CCN)cc(C)c1Cl. The van der Waals surface area contributed by atoms with E-state index in [-0.39, 0.29) is 6.61 Å². The maximum Gasteiger partial charge on any atom is 0.120 e. The number of hydrogen-bond acceptors (Lipinski definition) is 3. The Kier molecular flexibility index (Phi) is 5.06. The molecule has 0 radical (unpaired) electrons. The number of aryl methyl sites for hydroxylation is 2. The number of aliphatic hydroxyl groups excluding tert-OH is 1. The molecule has 0 saturated heterocycles. The van der Waals surface area contributed by atoms with E-state index >= 15 is 0 Å². The van der Waals surface area contributed by atoms with Crippen molar-refractivity contribution < 1.29 is 9.84 Å². The van der Waals surface area contributed by atoms with Gasteiger partial charge in [-0.3, -0.25) is 0 Å². The van der Waals surface area contributed by atoms with Gasteiger partial charge in [0.1, 0.15) is 12.4 Å². The quantitative estimate of drug-likeness (QED) is 0.832. The number of nitrogens with two attached hydrogens (primary N) is 1. The van der Waals surface area contributed by atoms with Gasteiger partial charge in [-0.05, 0) is 50.1 Å². The first kappa shape index (κ1) is 13.3. The van der Waals surface area contributed by atoms with E-state index < -0.39 is 6.10 Å². The molecule has 1 unspecified atom stereocenters. The Morgan fingerprint density at radius 1 is 1.38 bits per heavy atom. The van der Waals surface area contributed by atoms with Crippen LogP contribution in [0.15, 0.2) is 12.1 Å². The molecule has 0 spiro atoms. The van der Waals surface area contributed by atoms with Gasteiger partial charge < -0.3 is 15.6 Å². The Hall–Kier alpha value is -0.770. The predicted octanol–water partition coefficient (Wildman–Crippen LogP) is 2.05. The summed E-state index contributed by atoms with van der Waals surface area (Å²) in [4.78, 5) is 0. The van der Waals surface area contributed by atoms with Gasteiger partial charge in [0.2, 0.25) is 0 Å². The smallest absolute Gasteiger partial charge is 0.120 e. The topological polar surface area (TPSA) is 55.5 Å². The third kappa shape index (κ3) is 3.67. The van der Waals surface area contributed by atoms with E-state index in [0.29, 0.717) is 13.0 Å². The molecule has 0 heterocycles. The van der Waals surface area contributed by atoms with Crippen molar-refractivity contribution in [2.45, 2.75) is 26.4 Å². The monoisotopic (exact) mass is 243 g/mol. The second kappa shape index (κ2) is 6.09. The van der Waals surface area contributed by atoms with Crippen LogP contribution in [0.2, 0.25) is 5.02 Å². The average Bonchev–Trinajstić information content (AvgIpc) is 2.23. The van der Waals surface area contributed by atoms with Crippen LogP contribution in [0.3, 0.4) is 0 Å². The first-order chi connectivity index (χ1) is 7.54. The molecule has 0 aliphatic carbocycles. The Balaban J connectivity index is 2.61. The minimum atomic E-state index is -0.513. The fourth-order valence-corrected chi connectivity index (χ4v) is 1.57. The zero-order valence-electron chi connectivity index (χ0n) is 9.66. The predicted molar refractivity (Wildman–Crippen MR) is 66.1 cm³/mol. The van der Waals surface area contributed by atoms with Crippen molar-refractivity contribution in [3.63, 3.8) is 0 Å². The molecule has 4 heteroatoms. The summed E-state index contributed by atoms with van der Waals surface area (Å²) in [5.74, 6) is 0.732.